The van der Waals surface area contributed by atoms with E-state index in [9.17, 15) is 9.18 Å². The number of aromatic nitrogens is 1. The van der Waals surface area contributed by atoms with E-state index in [1.807, 2.05) is 0 Å². The van der Waals surface area contributed by atoms with Crippen LogP contribution in [-0.2, 0) is 0 Å². The molecule has 1 radical (unpaired) electrons. The van der Waals surface area contributed by atoms with Gasteiger partial charge in [0.15, 0.2) is 0 Å². The van der Waals surface area contributed by atoms with Gasteiger partial charge in [-0.3, -0.25) is 4.79 Å². The van der Waals surface area contributed by atoms with E-state index in [1.165, 1.54) is 12.3 Å². The summed E-state index contributed by atoms with van der Waals surface area (Å²) in [6.07, 6.45) is 1.51. The van der Waals surface area contributed by atoms with Crippen molar-refractivity contribution in [2.75, 3.05) is 0 Å². The third kappa shape index (κ3) is 1.89. The topological polar surface area (TPSA) is 32.9 Å². The second kappa shape index (κ2) is 3.93. The van der Waals surface area contributed by atoms with Crippen LogP contribution < -0.4 is 5.56 Å². The smallest absolute Gasteiger partial charge is 0.250 e. The lowest BCUT2D eigenvalue weighted by molar-refractivity contribution is 0.630. The van der Waals surface area contributed by atoms with E-state index in [2.05, 4.69) is 11.1 Å². The van der Waals surface area contributed by atoms with Crippen molar-refractivity contribution in [1.29, 1.82) is 0 Å². The monoisotopic (exact) mass is 216 g/mol. The molecule has 0 fully saturated rings. The average molecular weight is 216 g/mol. The van der Waals surface area contributed by atoms with Gasteiger partial charge in [0, 0.05) is 22.9 Å². The Labute approximate surface area is 92.8 Å². The minimum atomic E-state index is -0.303. The van der Waals surface area contributed by atoms with Crippen molar-refractivity contribution >= 4 is 0 Å². The number of hydrogen-bond acceptors (Lipinski definition) is 1. The lowest BCUT2D eigenvalue weighted by Crippen LogP contribution is -2.08. The molecule has 1 heterocycles. The molecule has 16 heavy (non-hydrogen) atoms. The highest BCUT2D eigenvalue weighted by Crippen LogP contribution is 2.22. The van der Waals surface area contributed by atoms with Crippen molar-refractivity contribution in [1.82, 2.24) is 4.98 Å². The number of aryl methyl sites for hydroxylation is 2. The van der Waals surface area contributed by atoms with Gasteiger partial charge in [-0.25, -0.2) is 4.39 Å². The van der Waals surface area contributed by atoms with Gasteiger partial charge in [-0.15, -0.1) is 0 Å². The molecule has 0 amide bonds. The second-order valence-electron chi connectivity index (χ2n) is 3.78. The maximum absolute atomic E-state index is 13.7. The zero-order valence-corrected chi connectivity index (χ0v) is 9.10. The summed E-state index contributed by atoms with van der Waals surface area (Å²) >= 11 is 0. The summed E-state index contributed by atoms with van der Waals surface area (Å²) < 4.78 is 13.7. The Morgan fingerprint density at radius 3 is 2.69 bits per heavy atom. The van der Waals surface area contributed by atoms with Gasteiger partial charge in [-0.05, 0) is 43.7 Å². The SMILES string of the molecule is Cc1[c]cc(-c2c[nH]c(=O)c(C)c2)c(F)c1. The number of H-pyrrole nitrogens is 1. The van der Waals surface area contributed by atoms with Gasteiger partial charge >= 0.3 is 0 Å². The molecule has 0 bridgehead atoms. The number of benzene rings is 1. The van der Waals surface area contributed by atoms with Crippen molar-refractivity contribution in [2.45, 2.75) is 13.8 Å². The molecule has 1 aromatic carbocycles. The maximum atomic E-state index is 13.7. The highest BCUT2D eigenvalue weighted by atomic mass is 19.1. The number of pyridine rings is 1. The third-order valence-corrected chi connectivity index (χ3v) is 2.44. The fraction of sp³-hybridized carbons (Fsp3) is 0.154. The summed E-state index contributed by atoms with van der Waals surface area (Å²) in [6.45, 7) is 3.48. The number of nitrogens with one attached hydrogen (secondary N) is 1. The highest BCUT2D eigenvalue weighted by molar-refractivity contribution is 5.63. The van der Waals surface area contributed by atoms with E-state index in [-0.39, 0.29) is 11.4 Å². The predicted octanol–water partition coefficient (Wildman–Crippen LogP) is 2.60. The van der Waals surface area contributed by atoms with Crippen LogP contribution in [0, 0.1) is 25.7 Å². The van der Waals surface area contributed by atoms with E-state index in [4.69, 9.17) is 0 Å². The molecule has 0 atom stereocenters. The maximum Gasteiger partial charge on any atom is 0.250 e. The minimum absolute atomic E-state index is 0.153. The Kier molecular flexibility index (Phi) is 2.60. The van der Waals surface area contributed by atoms with Crippen molar-refractivity contribution in [3.8, 4) is 11.1 Å². The van der Waals surface area contributed by atoms with Crippen LogP contribution in [0.2, 0.25) is 0 Å². The first-order valence-electron chi connectivity index (χ1n) is 4.95. The second-order valence-corrected chi connectivity index (χ2v) is 3.78. The standard InChI is InChI=1S/C13H11FNO/c1-8-3-4-11(12(14)5-8)10-6-9(2)13(16)15-7-10/h4-7H,1-2H3,(H,15,16). The molecule has 0 spiro atoms. The molecule has 0 saturated heterocycles. The van der Waals surface area contributed by atoms with E-state index >= 15 is 0 Å². The first kappa shape index (κ1) is 10.6. The van der Waals surface area contributed by atoms with E-state index in [1.54, 1.807) is 26.0 Å². The molecule has 1 N–H and O–H groups in total. The van der Waals surface area contributed by atoms with Crippen LogP contribution in [0.3, 0.4) is 0 Å². The molecule has 81 valence electrons. The van der Waals surface area contributed by atoms with Crippen molar-refractivity contribution in [3.05, 3.63) is 57.8 Å². The molecular formula is C13H11FNO. The molecule has 2 aromatic rings. The van der Waals surface area contributed by atoms with Crippen LogP contribution in [0.25, 0.3) is 11.1 Å². The van der Waals surface area contributed by atoms with Crippen LogP contribution in [-0.4, -0.2) is 4.98 Å². The molecular weight excluding hydrogens is 205 g/mol. The molecule has 2 rings (SSSR count). The third-order valence-electron chi connectivity index (χ3n) is 2.44. The van der Waals surface area contributed by atoms with Gasteiger partial charge in [0.1, 0.15) is 5.82 Å². The number of hydrogen-bond donors (Lipinski definition) is 1. The van der Waals surface area contributed by atoms with E-state index in [0.29, 0.717) is 16.7 Å². The Morgan fingerprint density at radius 1 is 1.31 bits per heavy atom. The summed E-state index contributed by atoms with van der Waals surface area (Å²) in [4.78, 5) is 13.8. The Hall–Kier alpha value is -1.90. The zero-order valence-electron chi connectivity index (χ0n) is 9.10. The number of aromatic amines is 1. The normalized spacial score (nSPS) is 10.4. The van der Waals surface area contributed by atoms with Crippen LogP contribution in [0.5, 0.6) is 0 Å². The Bertz CT molecular complexity index is 587. The van der Waals surface area contributed by atoms with Crippen LogP contribution in [0.15, 0.2) is 29.2 Å². The molecule has 0 unspecified atom stereocenters. The fourth-order valence-corrected chi connectivity index (χ4v) is 1.54. The minimum Gasteiger partial charge on any atom is -0.328 e. The van der Waals surface area contributed by atoms with Crippen molar-refractivity contribution in [2.24, 2.45) is 0 Å². The molecule has 0 aliphatic heterocycles. The zero-order chi connectivity index (χ0) is 11.7. The van der Waals surface area contributed by atoms with Gasteiger partial charge in [0.2, 0.25) is 0 Å². The summed E-state index contributed by atoms with van der Waals surface area (Å²) in [6, 6.07) is 7.63. The fourth-order valence-electron chi connectivity index (χ4n) is 1.54. The van der Waals surface area contributed by atoms with Crippen molar-refractivity contribution < 1.29 is 4.39 Å². The number of rotatable bonds is 1. The largest absolute Gasteiger partial charge is 0.328 e. The van der Waals surface area contributed by atoms with E-state index < -0.39 is 0 Å². The van der Waals surface area contributed by atoms with E-state index in [0.717, 1.165) is 5.56 Å². The predicted molar refractivity (Wildman–Crippen MR) is 60.8 cm³/mol. The molecule has 0 aliphatic carbocycles. The molecule has 1 aromatic heterocycles. The van der Waals surface area contributed by atoms with Gasteiger partial charge in [-0.2, -0.15) is 0 Å². The summed E-state index contributed by atoms with van der Waals surface area (Å²) in [5, 5.41) is 0. The highest BCUT2D eigenvalue weighted by Gasteiger charge is 2.06. The van der Waals surface area contributed by atoms with Crippen LogP contribution in [0.1, 0.15) is 11.1 Å². The summed E-state index contributed by atoms with van der Waals surface area (Å²) in [5.74, 6) is -0.303. The van der Waals surface area contributed by atoms with Gasteiger partial charge in [-0.1, -0.05) is 0 Å². The van der Waals surface area contributed by atoms with Gasteiger partial charge in [0.05, 0.1) is 0 Å². The molecule has 3 heteroatoms. The quantitative estimate of drug-likeness (QED) is 0.780. The Morgan fingerprint density at radius 2 is 2.06 bits per heavy atom. The summed E-state index contributed by atoms with van der Waals surface area (Å²) in [5.41, 5.74) is 2.27. The average Bonchev–Trinajstić information content (AvgIpc) is 2.22. The molecule has 0 saturated carbocycles. The summed E-state index contributed by atoms with van der Waals surface area (Å²) in [7, 11) is 0. The first-order chi connectivity index (χ1) is 7.58. The van der Waals surface area contributed by atoms with Crippen molar-refractivity contribution in [3.63, 3.8) is 0 Å². The van der Waals surface area contributed by atoms with Crippen LogP contribution in [0.4, 0.5) is 4.39 Å². The molecule has 0 aliphatic rings. The molecule has 2 nitrogen and oxygen atoms in total. The Balaban J connectivity index is 2.59. The van der Waals surface area contributed by atoms with Gasteiger partial charge < -0.3 is 4.98 Å². The lowest BCUT2D eigenvalue weighted by Gasteiger charge is -2.04. The van der Waals surface area contributed by atoms with Gasteiger partial charge in [0.25, 0.3) is 5.56 Å². The lowest BCUT2D eigenvalue weighted by atomic mass is 10.0. The number of halogens is 1. The first-order valence-corrected chi connectivity index (χ1v) is 4.95. The van der Waals surface area contributed by atoms with Crippen LogP contribution >= 0.6 is 0 Å².